The van der Waals surface area contributed by atoms with Crippen molar-refractivity contribution in [3.8, 4) is 0 Å². The van der Waals surface area contributed by atoms with Crippen LogP contribution in [-0.2, 0) is 10.0 Å². The number of carbonyl (C=O) groups excluding carboxylic acids is 1. The zero-order chi connectivity index (χ0) is 19.6. The van der Waals surface area contributed by atoms with Gasteiger partial charge >= 0.3 is 0 Å². The first-order valence-corrected chi connectivity index (χ1v) is 10.5. The van der Waals surface area contributed by atoms with E-state index in [0.717, 1.165) is 25.3 Å². The lowest BCUT2D eigenvalue weighted by Crippen LogP contribution is -2.36. The van der Waals surface area contributed by atoms with Crippen LogP contribution in [0.2, 0.25) is 5.02 Å². The summed E-state index contributed by atoms with van der Waals surface area (Å²) >= 11 is 5.72. The number of sulfonamides is 1. The summed E-state index contributed by atoms with van der Waals surface area (Å²) in [6.07, 6.45) is 2.70. The van der Waals surface area contributed by atoms with Gasteiger partial charge in [0.25, 0.3) is 5.91 Å². The van der Waals surface area contributed by atoms with Gasteiger partial charge in [-0.05, 0) is 55.7 Å². The quantitative estimate of drug-likeness (QED) is 0.820. The molecule has 1 aliphatic heterocycles. The molecular formula is C19H20ClFN2O3S. The lowest BCUT2D eigenvalue weighted by Gasteiger charge is -2.26. The average molecular weight is 411 g/mol. The molecule has 0 aliphatic carbocycles. The number of carbonyl (C=O) groups is 1. The standard InChI is InChI=1S/C19H20ClFN2O3S/c1-13-5-6-14(19(24)22-15-7-8-17(21)16(20)12-15)11-18(13)27(25,26)23-9-3-2-4-10-23/h5-8,11-12H,2-4,9-10H2,1H3,(H,22,24). The number of hydrogen-bond donors (Lipinski definition) is 1. The van der Waals surface area contributed by atoms with Crippen molar-refractivity contribution in [2.45, 2.75) is 31.1 Å². The maximum Gasteiger partial charge on any atom is 0.255 e. The second-order valence-corrected chi connectivity index (χ2v) is 8.84. The number of piperidine rings is 1. The van der Waals surface area contributed by atoms with Gasteiger partial charge in [-0.25, -0.2) is 12.8 Å². The van der Waals surface area contributed by atoms with Crippen LogP contribution in [0, 0.1) is 12.7 Å². The molecule has 1 fully saturated rings. The van der Waals surface area contributed by atoms with E-state index < -0.39 is 21.7 Å². The molecule has 1 heterocycles. The Balaban J connectivity index is 1.88. The maximum absolute atomic E-state index is 13.2. The van der Waals surface area contributed by atoms with Gasteiger partial charge in [0.2, 0.25) is 10.0 Å². The Morgan fingerprint density at radius 2 is 1.81 bits per heavy atom. The van der Waals surface area contributed by atoms with Gasteiger partial charge < -0.3 is 5.32 Å². The van der Waals surface area contributed by atoms with Crippen LogP contribution in [0.5, 0.6) is 0 Å². The summed E-state index contributed by atoms with van der Waals surface area (Å²) in [6.45, 7) is 2.69. The molecular weight excluding hydrogens is 391 g/mol. The van der Waals surface area contributed by atoms with Crippen LogP contribution in [0.15, 0.2) is 41.3 Å². The third kappa shape index (κ3) is 4.31. The highest BCUT2D eigenvalue weighted by Gasteiger charge is 2.28. The first-order chi connectivity index (χ1) is 12.8. The van der Waals surface area contributed by atoms with Gasteiger partial charge in [0.15, 0.2) is 0 Å². The van der Waals surface area contributed by atoms with Crippen molar-refractivity contribution in [1.82, 2.24) is 4.31 Å². The average Bonchev–Trinajstić information content (AvgIpc) is 2.65. The summed E-state index contributed by atoms with van der Waals surface area (Å²) in [6, 6.07) is 8.40. The molecule has 5 nitrogen and oxygen atoms in total. The highest BCUT2D eigenvalue weighted by Crippen LogP contribution is 2.25. The smallest absolute Gasteiger partial charge is 0.255 e. The highest BCUT2D eigenvalue weighted by atomic mass is 35.5. The Morgan fingerprint density at radius 3 is 2.48 bits per heavy atom. The van der Waals surface area contributed by atoms with Gasteiger partial charge in [-0.1, -0.05) is 24.1 Å². The van der Waals surface area contributed by atoms with E-state index in [1.165, 1.54) is 22.5 Å². The van der Waals surface area contributed by atoms with Gasteiger partial charge in [-0.3, -0.25) is 4.79 Å². The van der Waals surface area contributed by atoms with Gasteiger partial charge in [0.05, 0.1) is 9.92 Å². The second-order valence-electron chi connectivity index (χ2n) is 6.53. The number of aryl methyl sites for hydroxylation is 1. The Bertz CT molecular complexity index is 973. The summed E-state index contributed by atoms with van der Waals surface area (Å²) in [4.78, 5) is 12.7. The number of halogens is 2. The topological polar surface area (TPSA) is 66.5 Å². The Morgan fingerprint density at radius 1 is 1.11 bits per heavy atom. The number of nitrogens with one attached hydrogen (secondary N) is 1. The number of anilines is 1. The molecule has 2 aromatic rings. The largest absolute Gasteiger partial charge is 0.322 e. The molecule has 1 amide bonds. The summed E-state index contributed by atoms with van der Waals surface area (Å²) in [5.41, 5.74) is 1.12. The van der Waals surface area contributed by atoms with Gasteiger partial charge in [-0.15, -0.1) is 0 Å². The fourth-order valence-electron chi connectivity index (χ4n) is 3.04. The van der Waals surface area contributed by atoms with E-state index in [4.69, 9.17) is 11.6 Å². The van der Waals surface area contributed by atoms with E-state index in [9.17, 15) is 17.6 Å². The molecule has 0 spiro atoms. The van der Waals surface area contributed by atoms with Crippen molar-refractivity contribution >= 4 is 33.2 Å². The number of amides is 1. The fourth-order valence-corrected chi connectivity index (χ4v) is 4.99. The lowest BCUT2D eigenvalue weighted by atomic mass is 10.1. The second kappa shape index (κ2) is 7.96. The third-order valence-corrected chi connectivity index (χ3v) is 6.89. The minimum atomic E-state index is -3.65. The molecule has 0 aromatic heterocycles. The van der Waals surface area contributed by atoms with E-state index in [1.54, 1.807) is 19.1 Å². The van der Waals surface area contributed by atoms with Crippen LogP contribution >= 0.6 is 11.6 Å². The number of hydrogen-bond acceptors (Lipinski definition) is 3. The Labute approximate surface area is 163 Å². The summed E-state index contributed by atoms with van der Waals surface area (Å²) in [5, 5.41) is 2.50. The SMILES string of the molecule is Cc1ccc(C(=O)Nc2ccc(F)c(Cl)c2)cc1S(=O)(=O)N1CCCCC1. The van der Waals surface area contributed by atoms with Crippen LogP contribution in [0.25, 0.3) is 0 Å². The number of benzene rings is 2. The molecule has 0 unspecified atom stereocenters. The van der Waals surface area contributed by atoms with Gasteiger partial charge in [0, 0.05) is 24.3 Å². The Hall–Kier alpha value is -1.96. The monoisotopic (exact) mass is 410 g/mol. The predicted octanol–water partition coefficient (Wildman–Crippen LogP) is 4.21. The van der Waals surface area contributed by atoms with E-state index in [-0.39, 0.29) is 15.5 Å². The van der Waals surface area contributed by atoms with Crippen LogP contribution in [-0.4, -0.2) is 31.7 Å². The first-order valence-electron chi connectivity index (χ1n) is 8.66. The minimum Gasteiger partial charge on any atom is -0.322 e. The van der Waals surface area contributed by atoms with E-state index in [0.29, 0.717) is 24.3 Å². The fraction of sp³-hybridized carbons (Fsp3) is 0.316. The van der Waals surface area contributed by atoms with Crippen LogP contribution in [0.3, 0.4) is 0 Å². The van der Waals surface area contributed by atoms with Crippen molar-refractivity contribution in [2.75, 3.05) is 18.4 Å². The number of rotatable bonds is 4. The molecule has 0 bridgehead atoms. The van der Waals surface area contributed by atoms with Gasteiger partial charge in [0.1, 0.15) is 5.82 Å². The zero-order valence-electron chi connectivity index (χ0n) is 14.8. The van der Waals surface area contributed by atoms with E-state index >= 15 is 0 Å². The van der Waals surface area contributed by atoms with Crippen LogP contribution in [0.4, 0.5) is 10.1 Å². The summed E-state index contributed by atoms with van der Waals surface area (Å²) in [5.74, 6) is -1.08. The molecule has 0 saturated carbocycles. The normalized spacial score (nSPS) is 15.5. The van der Waals surface area contributed by atoms with Crippen LogP contribution < -0.4 is 5.32 Å². The maximum atomic E-state index is 13.2. The van der Waals surface area contributed by atoms with Crippen molar-refractivity contribution < 1.29 is 17.6 Å². The molecule has 1 saturated heterocycles. The summed E-state index contributed by atoms with van der Waals surface area (Å²) < 4.78 is 40.6. The highest BCUT2D eigenvalue weighted by molar-refractivity contribution is 7.89. The first kappa shape index (κ1) is 19.8. The molecule has 144 valence electrons. The van der Waals surface area contributed by atoms with Crippen molar-refractivity contribution in [2.24, 2.45) is 0 Å². The lowest BCUT2D eigenvalue weighted by molar-refractivity contribution is 0.102. The Kier molecular flexibility index (Phi) is 5.83. The molecule has 2 aromatic carbocycles. The molecule has 27 heavy (non-hydrogen) atoms. The van der Waals surface area contributed by atoms with Crippen molar-refractivity contribution in [1.29, 1.82) is 0 Å². The number of nitrogens with zero attached hydrogens (tertiary/aromatic N) is 1. The molecule has 1 N–H and O–H groups in total. The van der Waals surface area contributed by atoms with Crippen molar-refractivity contribution in [3.63, 3.8) is 0 Å². The third-order valence-electron chi connectivity index (χ3n) is 4.56. The van der Waals surface area contributed by atoms with Crippen LogP contribution in [0.1, 0.15) is 35.2 Å². The zero-order valence-corrected chi connectivity index (χ0v) is 16.4. The molecule has 3 rings (SSSR count). The van der Waals surface area contributed by atoms with E-state index in [2.05, 4.69) is 5.32 Å². The van der Waals surface area contributed by atoms with Crippen molar-refractivity contribution in [3.05, 3.63) is 58.4 Å². The predicted molar refractivity (Wildman–Crippen MR) is 103 cm³/mol. The van der Waals surface area contributed by atoms with Gasteiger partial charge in [-0.2, -0.15) is 4.31 Å². The van der Waals surface area contributed by atoms with E-state index in [1.807, 2.05) is 0 Å². The minimum absolute atomic E-state index is 0.106. The molecule has 0 atom stereocenters. The molecule has 1 aliphatic rings. The summed E-state index contributed by atoms with van der Waals surface area (Å²) in [7, 11) is -3.65. The molecule has 8 heteroatoms. The molecule has 0 radical (unpaired) electrons.